The highest BCUT2D eigenvalue weighted by Gasteiger charge is 2.03. The van der Waals surface area contributed by atoms with Crippen LogP contribution in [0.25, 0.3) is 24.3 Å². The van der Waals surface area contributed by atoms with Gasteiger partial charge in [0.25, 0.3) is 5.69 Å². The second-order valence-corrected chi connectivity index (χ2v) is 5.17. The van der Waals surface area contributed by atoms with Crippen LogP contribution in [0.2, 0.25) is 0 Å². The van der Waals surface area contributed by atoms with Gasteiger partial charge in [-0.25, -0.2) is 0 Å². The zero-order valence-electron chi connectivity index (χ0n) is 12.8. The summed E-state index contributed by atoms with van der Waals surface area (Å²) in [6.45, 7) is 0. The lowest BCUT2D eigenvalue weighted by atomic mass is 10.1. The van der Waals surface area contributed by atoms with Crippen LogP contribution in [-0.4, -0.2) is 4.92 Å². The van der Waals surface area contributed by atoms with Gasteiger partial charge in [0.1, 0.15) is 5.76 Å². The number of non-ortho nitro benzene ring substituents is 1. The Kier molecular flexibility index (Phi) is 4.68. The molecular formula is C20H15NO3. The van der Waals surface area contributed by atoms with Gasteiger partial charge in [-0.3, -0.25) is 10.1 Å². The fourth-order valence-corrected chi connectivity index (χ4v) is 2.23. The van der Waals surface area contributed by atoms with E-state index in [-0.39, 0.29) is 5.69 Å². The van der Waals surface area contributed by atoms with Crippen molar-refractivity contribution in [3.63, 3.8) is 0 Å². The van der Waals surface area contributed by atoms with Crippen molar-refractivity contribution < 1.29 is 9.34 Å². The van der Waals surface area contributed by atoms with Crippen LogP contribution in [-0.2, 0) is 0 Å². The van der Waals surface area contributed by atoms with Crippen molar-refractivity contribution in [2.45, 2.75) is 0 Å². The highest BCUT2D eigenvalue weighted by atomic mass is 16.6. The Morgan fingerprint density at radius 1 is 0.792 bits per heavy atom. The maximum absolute atomic E-state index is 10.7. The molecule has 3 rings (SSSR count). The molecule has 1 heterocycles. The van der Waals surface area contributed by atoms with Crippen LogP contribution in [0.1, 0.15) is 22.5 Å². The molecule has 0 fully saturated rings. The highest BCUT2D eigenvalue weighted by Crippen LogP contribution is 2.19. The van der Waals surface area contributed by atoms with E-state index in [9.17, 15) is 10.1 Å². The molecule has 0 radical (unpaired) electrons. The summed E-state index contributed by atoms with van der Waals surface area (Å²) in [6, 6.07) is 18.3. The summed E-state index contributed by atoms with van der Waals surface area (Å²) in [4.78, 5) is 10.2. The van der Waals surface area contributed by atoms with E-state index in [0.29, 0.717) is 0 Å². The number of nitrogens with zero attached hydrogens (tertiary/aromatic N) is 1. The summed E-state index contributed by atoms with van der Waals surface area (Å²) in [7, 11) is 0. The molecule has 0 spiro atoms. The molecule has 24 heavy (non-hydrogen) atoms. The van der Waals surface area contributed by atoms with Gasteiger partial charge in [0, 0.05) is 17.7 Å². The lowest BCUT2D eigenvalue weighted by molar-refractivity contribution is -0.384. The van der Waals surface area contributed by atoms with Crippen molar-refractivity contribution in [3.05, 3.63) is 99.5 Å². The molecule has 3 aromatic rings. The van der Waals surface area contributed by atoms with Crippen LogP contribution in [0.15, 0.2) is 71.3 Å². The van der Waals surface area contributed by atoms with Gasteiger partial charge in [-0.05, 0) is 35.4 Å². The first kappa shape index (κ1) is 15.5. The topological polar surface area (TPSA) is 56.3 Å². The number of hydrogen-bond donors (Lipinski definition) is 0. The lowest BCUT2D eigenvalue weighted by Crippen LogP contribution is -1.86. The number of rotatable bonds is 5. The smallest absolute Gasteiger partial charge is 0.269 e. The predicted octanol–water partition coefficient (Wildman–Crippen LogP) is 5.53. The molecule has 0 unspecified atom stereocenters. The fourth-order valence-electron chi connectivity index (χ4n) is 2.23. The van der Waals surface area contributed by atoms with Gasteiger partial charge in [0.15, 0.2) is 0 Å². The Bertz CT molecular complexity index is 875. The minimum Gasteiger partial charge on any atom is -0.464 e. The monoisotopic (exact) mass is 317 g/mol. The van der Waals surface area contributed by atoms with Gasteiger partial charge in [0.2, 0.25) is 0 Å². The van der Waals surface area contributed by atoms with Gasteiger partial charge in [-0.2, -0.15) is 0 Å². The van der Waals surface area contributed by atoms with E-state index in [4.69, 9.17) is 4.42 Å². The van der Waals surface area contributed by atoms with Crippen molar-refractivity contribution in [1.29, 1.82) is 0 Å². The Morgan fingerprint density at radius 3 is 2.17 bits per heavy atom. The molecule has 1 aromatic heterocycles. The van der Waals surface area contributed by atoms with Gasteiger partial charge < -0.3 is 4.42 Å². The van der Waals surface area contributed by atoms with Crippen molar-refractivity contribution >= 4 is 30.0 Å². The van der Waals surface area contributed by atoms with Crippen molar-refractivity contribution in [2.24, 2.45) is 0 Å². The zero-order valence-corrected chi connectivity index (χ0v) is 12.8. The maximum Gasteiger partial charge on any atom is 0.269 e. The SMILES string of the molecule is O=[N+]([O-])c1ccc(/C=C/c2occc2/C=C/c2ccccc2)cc1. The summed E-state index contributed by atoms with van der Waals surface area (Å²) in [6.07, 6.45) is 9.37. The first-order valence-electron chi connectivity index (χ1n) is 7.45. The third-order valence-electron chi connectivity index (χ3n) is 3.51. The summed E-state index contributed by atoms with van der Waals surface area (Å²) in [5.74, 6) is 0.737. The normalized spacial score (nSPS) is 11.3. The van der Waals surface area contributed by atoms with Gasteiger partial charge >= 0.3 is 0 Å². The summed E-state index contributed by atoms with van der Waals surface area (Å²) in [5, 5.41) is 10.7. The molecular weight excluding hydrogens is 302 g/mol. The van der Waals surface area contributed by atoms with Crippen molar-refractivity contribution in [2.75, 3.05) is 0 Å². The number of hydrogen-bond acceptors (Lipinski definition) is 3. The molecule has 118 valence electrons. The lowest BCUT2D eigenvalue weighted by Gasteiger charge is -1.95. The Morgan fingerprint density at radius 2 is 1.46 bits per heavy atom. The molecule has 0 aliphatic rings. The standard InChI is InChI=1S/C20H15NO3/c22-21(23)19-11-7-17(8-12-19)9-13-20-18(14-15-24-20)10-6-16-4-2-1-3-5-16/h1-15H/b10-6+,13-9+. The largest absolute Gasteiger partial charge is 0.464 e. The van der Waals surface area contributed by atoms with E-state index in [1.165, 1.54) is 12.1 Å². The average molecular weight is 317 g/mol. The molecule has 0 bridgehead atoms. The number of benzene rings is 2. The van der Waals surface area contributed by atoms with Gasteiger partial charge in [0.05, 0.1) is 11.2 Å². The van der Waals surface area contributed by atoms with Crippen LogP contribution in [0.3, 0.4) is 0 Å². The molecule has 0 aliphatic heterocycles. The molecule has 4 nitrogen and oxygen atoms in total. The van der Waals surface area contributed by atoms with Crippen LogP contribution < -0.4 is 0 Å². The average Bonchev–Trinajstić information content (AvgIpc) is 3.07. The molecule has 0 amide bonds. The number of furan rings is 1. The molecule has 0 saturated heterocycles. The fraction of sp³-hybridized carbons (Fsp3) is 0. The third-order valence-corrected chi connectivity index (χ3v) is 3.51. The molecule has 2 aromatic carbocycles. The first-order valence-corrected chi connectivity index (χ1v) is 7.45. The minimum atomic E-state index is -0.410. The molecule has 4 heteroatoms. The van der Waals surface area contributed by atoms with E-state index < -0.39 is 4.92 Å². The van der Waals surface area contributed by atoms with E-state index in [1.807, 2.05) is 60.7 Å². The molecule has 0 saturated carbocycles. The second-order valence-electron chi connectivity index (χ2n) is 5.17. The van der Waals surface area contributed by atoms with Crippen LogP contribution >= 0.6 is 0 Å². The Hall–Kier alpha value is -3.40. The van der Waals surface area contributed by atoms with Crippen LogP contribution in [0, 0.1) is 10.1 Å². The van der Waals surface area contributed by atoms with E-state index >= 15 is 0 Å². The van der Waals surface area contributed by atoms with Crippen molar-refractivity contribution in [1.82, 2.24) is 0 Å². The molecule has 0 N–H and O–H groups in total. The summed E-state index contributed by atoms with van der Waals surface area (Å²) in [5.41, 5.74) is 3.03. The molecule has 0 aliphatic carbocycles. The van der Waals surface area contributed by atoms with Gasteiger partial charge in [-0.1, -0.05) is 48.6 Å². The van der Waals surface area contributed by atoms with Crippen molar-refractivity contribution in [3.8, 4) is 0 Å². The van der Waals surface area contributed by atoms with E-state index in [0.717, 1.165) is 22.5 Å². The van der Waals surface area contributed by atoms with E-state index in [1.54, 1.807) is 18.4 Å². The van der Waals surface area contributed by atoms with Crippen LogP contribution in [0.5, 0.6) is 0 Å². The Labute approximate surface area is 139 Å². The maximum atomic E-state index is 10.7. The number of nitro groups is 1. The Balaban J connectivity index is 1.75. The third kappa shape index (κ3) is 3.87. The zero-order chi connectivity index (χ0) is 16.8. The second kappa shape index (κ2) is 7.24. The van der Waals surface area contributed by atoms with Gasteiger partial charge in [-0.15, -0.1) is 0 Å². The number of nitro benzene ring substituents is 1. The predicted molar refractivity (Wildman–Crippen MR) is 96.1 cm³/mol. The minimum absolute atomic E-state index is 0.0802. The summed E-state index contributed by atoms with van der Waals surface area (Å²) >= 11 is 0. The van der Waals surface area contributed by atoms with E-state index in [2.05, 4.69) is 0 Å². The molecule has 0 atom stereocenters. The summed E-state index contributed by atoms with van der Waals surface area (Å²) < 4.78 is 5.49. The van der Waals surface area contributed by atoms with Crippen LogP contribution in [0.4, 0.5) is 5.69 Å². The first-order chi connectivity index (χ1) is 11.7. The quantitative estimate of drug-likeness (QED) is 0.459. The highest BCUT2D eigenvalue weighted by molar-refractivity contribution is 5.77.